The summed E-state index contributed by atoms with van der Waals surface area (Å²) in [4.78, 5) is 15.2. The van der Waals surface area contributed by atoms with Crippen LogP contribution in [0.25, 0.3) is 0 Å². The van der Waals surface area contributed by atoms with Gasteiger partial charge >= 0.3 is 0 Å². The van der Waals surface area contributed by atoms with Crippen molar-refractivity contribution in [3.8, 4) is 0 Å². The molecular weight excluding hydrogens is 324 g/mol. The fourth-order valence-corrected chi connectivity index (χ4v) is 3.67. The molecule has 0 aromatic heterocycles. The summed E-state index contributed by atoms with van der Waals surface area (Å²) >= 11 is 0. The number of hydrogen-bond donors (Lipinski definition) is 2. The van der Waals surface area contributed by atoms with Crippen LogP contribution < -0.4 is 5.32 Å². The number of nitrogens with zero attached hydrogens (tertiary/aromatic N) is 1. The second-order valence-corrected chi connectivity index (χ2v) is 8.37. The highest BCUT2D eigenvalue weighted by molar-refractivity contribution is 6.03. The Labute approximate surface area is 159 Å². The topological polar surface area (TPSA) is 52.6 Å². The Morgan fingerprint density at radius 2 is 1.92 bits per heavy atom. The van der Waals surface area contributed by atoms with Gasteiger partial charge in [-0.05, 0) is 75.8 Å². The maximum absolute atomic E-state index is 13.0. The number of anilines is 1. The monoisotopic (exact) mass is 360 g/mol. The number of aliphatic hydroxyl groups is 1. The predicted octanol–water partition coefficient (Wildman–Crippen LogP) is 4.30. The summed E-state index contributed by atoms with van der Waals surface area (Å²) in [7, 11) is 2.10. The standard InChI is InChI=1S/C20H30N2O2.C2H6/c1-13-9-18(22(4)11-14-5-6-14)19(24)16-8-7-15(10-17(13)16)21-20(2,3)12-23;1-2/h7-8,10,13-14,18,21,23H,5-6,9,11-12H2,1-4H3;1-2H3/t13?,18-;/m0./s1. The maximum Gasteiger partial charge on any atom is 0.180 e. The molecule has 4 heteroatoms. The van der Waals surface area contributed by atoms with Crippen molar-refractivity contribution in [2.75, 3.05) is 25.5 Å². The third-order valence-electron chi connectivity index (χ3n) is 5.38. The molecule has 4 nitrogen and oxygen atoms in total. The molecule has 26 heavy (non-hydrogen) atoms. The minimum Gasteiger partial charge on any atom is -0.394 e. The minimum absolute atomic E-state index is 0.0146. The molecular formula is C22H36N2O2. The number of fused-ring (bicyclic) bond motifs is 1. The van der Waals surface area contributed by atoms with Gasteiger partial charge in [-0.25, -0.2) is 0 Å². The van der Waals surface area contributed by atoms with E-state index in [0.717, 1.165) is 35.7 Å². The van der Waals surface area contributed by atoms with Gasteiger partial charge in [0.25, 0.3) is 0 Å². The average Bonchev–Trinajstić information content (AvgIpc) is 3.43. The molecule has 1 unspecified atom stereocenters. The predicted molar refractivity (Wildman–Crippen MR) is 109 cm³/mol. The maximum atomic E-state index is 13.0. The van der Waals surface area contributed by atoms with Gasteiger partial charge in [-0.1, -0.05) is 20.8 Å². The van der Waals surface area contributed by atoms with E-state index in [1.807, 2.05) is 39.8 Å². The zero-order valence-corrected chi connectivity index (χ0v) is 17.3. The summed E-state index contributed by atoms with van der Waals surface area (Å²) < 4.78 is 0. The van der Waals surface area contributed by atoms with E-state index in [0.29, 0.717) is 5.92 Å². The number of carbonyl (C=O) groups excluding carboxylic acids is 1. The lowest BCUT2D eigenvalue weighted by Crippen LogP contribution is -2.43. The van der Waals surface area contributed by atoms with Gasteiger partial charge in [0.15, 0.2) is 5.78 Å². The molecule has 2 aliphatic carbocycles. The van der Waals surface area contributed by atoms with Crippen LogP contribution in [-0.2, 0) is 0 Å². The highest BCUT2D eigenvalue weighted by atomic mass is 16.3. The van der Waals surface area contributed by atoms with E-state index in [2.05, 4.69) is 30.3 Å². The van der Waals surface area contributed by atoms with Gasteiger partial charge in [-0.2, -0.15) is 0 Å². The lowest BCUT2D eigenvalue weighted by molar-refractivity contribution is 0.0809. The average molecular weight is 361 g/mol. The summed E-state index contributed by atoms with van der Waals surface area (Å²) in [5.41, 5.74) is 2.60. The van der Waals surface area contributed by atoms with E-state index in [9.17, 15) is 9.90 Å². The highest BCUT2D eigenvalue weighted by Gasteiger charge is 2.36. The molecule has 1 saturated carbocycles. The molecule has 3 rings (SSSR count). The minimum atomic E-state index is -0.372. The van der Waals surface area contributed by atoms with Crippen molar-refractivity contribution < 1.29 is 9.90 Å². The van der Waals surface area contributed by atoms with E-state index in [1.54, 1.807) is 0 Å². The SMILES string of the molecule is CC.CC1C[C@H](N(C)CC2CC2)C(=O)c2ccc(NC(C)(C)CO)cc21. The van der Waals surface area contributed by atoms with Crippen LogP contribution in [0.15, 0.2) is 18.2 Å². The fourth-order valence-electron chi connectivity index (χ4n) is 3.67. The summed E-state index contributed by atoms with van der Waals surface area (Å²) in [6.45, 7) is 11.2. The Morgan fingerprint density at radius 3 is 2.50 bits per heavy atom. The molecule has 1 aromatic carbocycles. The first kappa shape index (κ1) is 20.9. The molecule has 2 N–H and O–H groups in total. The van der Waals surface area contributed by atoms with Crippen molar-refractivity contribution >= 4 is 11.5 Å². The van der Waals surface area contributed by atoms with Crippen molar-refractivity contribution in [1.29, 1.82) is 0 Å². The van der Waals surface area contributed by atoms with Gasteiger partial charge in [0.05, 0.1) is 18.2 Å². The van der Waals surface area contributed by atoms with Crippen molar-refractivity contribution in [1.82, 2.24) is 4.90 Å². The first-order valence-corrected chi connectivity index (χ1v) is 10.1. The number of Topliss-reactive ketones (excluding diaryl/α,β-unsaturated/α-hetero) is 1. The third kappa shape index (κ3) is 4.86. The Balaban J connectivity index is 0.00000117. The number of nitrogens with one attached hydrogen (secondary N) is 1. The molecule has 0 heterocycles. The van der Waals surface area contributed by atoms with Crippen LogP contribution in [0.2, 0.25) is 0 Å². The summed E-state index contributed by atoms with van der Waals surface area (Å²) in [5.74, 6) is 1.43. The van der Waals surface area contributed by atoms with E-state index in [4.69, 9.17) is 0 Å². The van der Waals surface area contributed by atoms with Crippen molar-refractivity contribution in [3.63, 3.8) is 0 Å². The lowest BCUT2D eigenvalue weighted by atomic mass is 9.79. The molecule has 1 fully saturated rings. The number of carbonyl (C=O) groups is 1. The Kier molecular flexibility index (Phi) is 6.86. The van der Waals surface area contributed by atoms with Crippen LogP contribution in [0.3, 0.4) is 0 Å². The van der Waals surface area contributed by atoms with E-state index in [1.165, 1.54) is 12.8 Å². The first-order chi connectivity index (χ1) is 12.3. The molecule has 0 saturated heterocycles. The zero-order chi connectivity index (χ0) is 19.5. The third-order valence-corrected chi connectivity index (χ3v) is 5.38. The van der Waals surface area contributed by atoms with Crippen LogP contribution in [0.4, 0.5) is 5.69 Å². The van der Waals surface area contributed by atoms with Crippen LogP contribution in [0.5, 0.6) is 0 Å². The quantitative estimate of drug-likeness (QED) is 0.794. The van der Waals surface area contributed by atoms with Crippen molar-refractivity contribution in [2.24, 2.45) is 5.92 Å². The Morgan fingerprint density at radius 1 is 1.27 bits per heavy atom. The van der Waals surface area contributed by atoms with Gasteiger partial charge in [0.1, 0.15) is 0 Å². The molecule has 0 radical (unpaired) electrons. The molecule has 146 valence electrons. The van der Waals surface area contributed by atoms with E-state index >= 15 is 0 Å². The molecule has 0 bridgehead atoms. The Hall–Kier alpha value is -1.39. The number of likely N-dealkylation sites (N-methyl/N-ethyl adjacent to an activating group) is 1. The smallest absolute Gasteiger partial charge is 0.180 e. The Bertz CT molecular complexity index is 623. The second kappa shape index (κ2) is 8.53. The molecule has 1 aromatic rings. The fraction of sp³-hybridized carbons (Fsp3) is 0.682. The normalized spacial score (nSPS) is 22.5. The van der Waals surface area contributed by atoms with Gasteiger partial charge in [0, 0.05) is 17.8 Å². The largest absolute Gasteiger partial charge is 0.394 e. The number of hydrogen-bond acceptors (Lipinski definition) is 4. The molecule has 0 spiro atoms. The molecule has 0 amide bonds. The molecule has 2 atom stereocenters. The summed E-state index contributed by atoms with van der Waals surface area (Å²) in [6, 6.07) is 6.03. The van der Waals surface area contributed by atoms with Gasteiger partial charge in [0.2, 0.25) is 0 Å². The van der Waals surface area contributed by atoms with Gasteiger partial charge in [-0.15, -0.1) is 0 Å². The van der Waals surface area contributed by atoms with E-state index < -0.39 is 0 Å². The highest BCUT2D eigenvalue weighted by Crippen LogP contribution is 2.37. The zero-order valence-electron chi connectivity index (χ0n) is 17.3. The van der Waals surface area contributed by atoms with Gasteiger partial charge in [-0.3, -0.25) is 9.69 Å². The van der Waals surface area contributed by atoms with Crippen molar-refractivity contribution in [3.05, 3.63) is 29.3 Å². The second-order valence-electron chi connectivity index (χ2n) is 8.37. The molecule has 0 aliphatic heterocycles. The van der Waals surface area contributed by atoms with E-state index in [-0.39, 0.29) is 24.0 Å². The van der Waals surface area contributed by atoms with Crippen LogP contribution in [0, 0.1) is 5.92 Å². The van der Waals surface area contributed by atoms with Crippen LogP contribution >= 0.6 is 0 Å². The summed E-state index contributed by atoms with van der Waals surface area (Å²) in [5, 5.41) is 12.8. The van der Waals surface area contributed by atoms with Crippen LogP contribution in [-0.4, -0.2) is 47.6 Å². The lowest BCUT2D eigenvalue weighted by Gasteiger charge is -2.35. The number of rotatable bonds is 6. The summed E-state index contributed by atoms with van der Waals surface area (Å²) in [6.07, 6.45) is 3.52. The number of ketones is 1. The van der Waals surface area contributed by atoms with Gasteiger partial charge < -0.3 is 10.4 Å². The number of aliphatic hydroxyl groups excluding tert-OH is 1. The first-order valence-electron chi connectivity index (χ1n) is 10.1. The van der Waals surface area contributed by atoms with Crippen molar-refractivity contribution in [2.45, 2.75) is 71.4 Å². The number of benzene rings is 1. The van der Waals surface area contributed by atoms with Crippen LogP contribution in [0.1, 0.15) is 75.7 Å². The molecule has 2 aliphatic rings.